The van der Waals surface area contributed by atoms with Gasteiger partial charge >= 0.3 is 6.09 Å². The molecule has 1 aliphatic carbocycles. The minimum atomic E-state index is -0.869. The summed E-state index contributed by atoms with van der Waals surface area (Å²) in [5.74, 6) is -0.728. The second kappa shape index (κ2) is 8.93. The fourth-order valence-corrected chi connectivity index (χ4v) is 3.60. The fourth-order valence-electron chi connectivity index (χ4n) is 3.60. The van der Waals surface area contributed by atoms with Gasteiger partial charge in [-0.2, -0.15) is 5.06 Å². The SMILES string of the molecule is CON(C(=O)[C@H]1CC[C@H](NC(=O)OC(C)(C)C)[C@H](O)C1)c1ccnc2cccnc12. The highest BCUT2D eigenvalue weighted by atomic mass is 16.7. The van der Waals surface area contributed by atoms with Crippen molar-refractivity contribution in [2.75, 3.05) is 12.2 Å². The van der Waals surface area contributed by atoms with Crippen molar-refractivity contribution in [2.24, 2.45) is 5.92 Å². The maximum absolute atomic E-state index is 13.2. The van der Waals surface area contributed by atoms with Crippen LogP contribution in [0.5, 0.6) is 0 Å². The number of anilines is 1. The molecule has 0 bridgehead atoms. The van der Waals surface area contributed by atoms with Crippen molar-refractivity contribution in [3.8, 4) is 0 Å². The number of aromatic nitrogens is 2. The number of ether oxygens (including phenoxy) is 1. The Morgan fingerprint density at radius 1 is 1.20 bits per heavy atom. The van der Waals surface area contributed by atoms with Crippen LogP contribution in [0.4, 0.5) is 10.5 Å². The number of nitrogens with zero attached hydrogens (tertiary/aromatic N) is 3. The van der Waals surface area contributed by atoms with E-state index in [9.17, 15) is 14.7 Å². The lowest BCUT2D eigenvalue weighted by Crippen LogP contribution is -2.50. The van der Waals surface area contributed by atoms with Crippen LogP contribution in [-0.4, -0.2) is 51.9 Å². The van der Waals surface area contributed by atoms with E-state index < -0.39 is 29.8 Å². The molecule has 162 valence electrons. The molecule has 2 amide bonds. The Balaban J connectivity index is 1.69. The van der Waals surface area contributed by atoms with Gasteiger partial charge in [-0.25, -0.2) is 4.79 Å². The predicted molar refractivity (Wildman–Crippen MR) is 111 cm³/mol. The van der Waals surface area contributed by atoms with Gasteiger partial charge in [0.05, 0.1) is 24.8 Å². The molecule has 9 nitrogen and oxygen atoms in total. The van der Waals surface area contributed by atoms with Gasteiger partial charge in [-0.05, 0) is 58.2 Å². The fraction of sp³-hybridized carbons (Fsp3) is 0.524. The van der Waals surface area contributed by atoms with Gasteiger partial charge in [-0.15, -0.1) is 0 Å². The normalized spacial score (nSPS) is 21.8. The Hall–Kier alpha value is -2.78. The molecule has 1 saturated carbocycles. The molecule has 1 fully saturated rings. The van der Waals surface area contributed by atoms with Crippen LogP contribution in [-0.2, 0) is 14.4 Å². The molecule has 0 spiro atoms. The van der Waals surface area contributed by atoms with Crippen molar-refractivity contribution in [3.05, 3.63) is 30.6 Å². The Kier molecular flexibility index (Phi) is 6.52. The molecule has 30 heavy (non-hydrogen) atoms. The quantitative estimate of drug-likeness (QED) is 0.736. The zero-order valence-corrected chi connectivity index (χ0v) is 17.7. The summed E-state index contributed by atoms with van der Waals surface area (Å²) in [7, 11) is 1.42. The third-order valence-electron chi connectivity index (χ3n) is 4.94. The van der Waals surface area contributed by atoms with Gasteiger partial charge in [0.2, 0.25) is 0 Å². The summed E-state index contributed by atoms with van der Waals surface area (Å²) in [6.07, 6.45) is 2.92. The number of amides is 2. The lowest BCUT2D eigenvalue weighted by molar-refractivity contribution is -0.131. The molecule has 0 aliphatic heterocycles. The smallest absolute Gasteiger partial charge is 0.407 e. The zero-order chi connectivity index (χ0) is 21.9. The van der Waals surface area contributed by atoms with Gasteiger partial charge in [0.15, 0.2) is 0 Å². The van der Waals surface area contributed by atoms with Gasteiger partial charge in [-0.3, -0.25) is 19.6 Å². The molecule has 2 heterocycles. The predicted octanol–water partition coefficient (Wildman–Crippen LogP) is 2.58. The monoisotopic (exact) mass is 416 g/mol. The third kappa shape index (κ3) is 5.03. The first kappa shape index (κ1) is 21.9. The van der Waals surface area contributed by atoms with Crippen LogP contribution in [0.25, 0.3) is 11.0 Å². The summed E-state index contributed by atoms with van der Waals surface area (Å²) in [6, 6.07) is 4.78. The van der Waals surface area contributed by atoms with E-state index in [1.165, 1.54) is 12.2 Å². The van der Waals surface area contributed by atoms with Crippen molar-refractivity contribution in [1.82, 2.24) is 15.3 Å². The van der Waals surface area contributed by atoms with Crippen LogP contribution < -0.4 is 10.4 Å². The van der Waals surface area contributed by atoms with E-state index in [4.69, 9.17) is 9.57 Å². The van der Waals surface area contributed by atoms with Crippen LogP contribution in [0.2, 0.25) is 0 Å². The first-order chi connectivity index (χ1) is 14.2. The van der Waals surface area contributed by atoms with Crippen LogP contribution in [0, 0.1) is 5.92 Å². The van der Waals surface area contributed by atoms with E-state index in [0.29, 0.717) is 29.6 Å². The van der Waals surface area contributed by atoms with E-state index in [0.717, 1.165) is 0 Å². The molecule has 2 aromatic rings. The van der Waals surface area contributed by atoms with Crippen LogP contribution in [0.1, 0.15) is 40.0 Å². The second-order valence-electron chi connectivity index (χ2n) is 8.35. The number of pyridine rings is 2. The Morgan fingerprint density at radius 3 is 2.63 bits per heavy atom. The minimum absolute atomic E-state index is 0.204. The average molecular weight is 416 g/mol. The van der Waals surface area contributed by atoms with E-state index in [1.807, 2.05) is 0 Å². The summed E-state index contributed by atoms with van der Waals surface area (Å²) in [5.41, 5.74) is 1.07. The molecule has 3 rings (SSSR count). The number of alkyl carbamates (subject to hydrolysis) is 1. The first-order valence-electron chi connectivity index (χ1n) is 9.95. The molecule has 3 atom stereocenters. The highest BCUT2D eigenvalue weighted by Crippen LogP contribution is 2.30. The van der Waals surface area contributed by atoms with Crippen LogP contribution in [0.15, 0.2) is 30.6 Å². The van der Waals surface area contributed by atoms with Gasteiger partial charge in [0.1, 0.15) is 16.8 Å². The molecule has 0 aromatic carbocycles. The number of fused-ring (bicyclic) bond motifs is 1. The van der Waals surface area contributed by atoms with Crippen molar-refractivity contribution in [3.63, 3.8) is 0 Å². The molecule has 1 aliphatic rings. The number of nitrogens with one attached hydrogen (secondary N) is 1. The van der Waals surface area contributed by atoms with Gasteiger partial charge in [0.25, 0.3) is 5.91 Å². The van der Waals surface area contributed by atoms with E-state index >= 15 is 0 Å². The van der Waals surface area contributed by atoms with Gasteiger partial charge in [0, 0.05) is 18.3 Å². The summed E-state index contributed by atoms with van der Waals surface area (Å²) in [4.78, 5) is 39.1. The first-order valence-corrected chi connectivity index (χ1v) is 9.95. The topological polar surface area (TPSA) is 114 Å². The second-order valence-corrected chi connectivity index (χ2v) is 8.35. The standard InChI is InChI=1S/C21H28N4O5/c1-21(2,3)30-20(28)24-14-8-7-13(12-17(14)26)19(27)25(29-4)16-9-11-22-15-6-5-10-23-18(15)16/h5-6,9-11,13-14,17,26H,7-8,12H2,1-4H3,(H,24,28)/t13-,14-,17+/m0/s1. The van der Waals surface area contributed by atoms with E-state index in [1.54, 1.807) is 51.4 Å². The molecule has 2 N–H and O–H groups in total. The average Bonchev–Trinajstić information content (AvgIpc) is 2.68. The molecule has 0 radical (unpaired) electrons. The molecular formula is C21H28N4O5. The van der Waals surface area contributed by atoms with Crippen LogP contribution in [0.3, 0.4) is 0 Å². The summed E-state index contributed by atoms with van der Waals surface area (Å²) in [5, 5.41) is 14.4. The highest BCUT2D eigenvalue weighted by molar-refractivity contribution is 6.00. The number of aliphatic hydroxyl groups excluding tert-OH is 1. The maximum Gasteiger partial charge on any atom is 0.407 e. The molecule has 0 unspecified atom stereocenters. The van der Waals surface area contributed by atoms with Gasteiger partial charge < -0.3 is 15.2 Å². The Labute approximate surface area is 175 Å². The van der Waals surface area contributed by atoms with Crippen molar-refractivity contribution >= 4 is 28.7 Å². The van der Waals surface area contributed by atoms with Crippen molar-refractivity contribution in [1.29, 1.82) is 0 Å². The number of aliphatic hydroxyl groups is 1. The minimum Gasteiger partial charge on any atom is -0.444 e. The lowest BCUT2D eigenvalue weighted by Gasteiger charge is -2.35. The van der Waals surface area contributed by atoms with E-state index in [-0.39, 0.29) is 12.3 Å². The number of hydrogen-bond donors (Lipinski definition) is 2. The molecule has 2 aromatic heterocycles. The third-order valence-corrected chi connectivity index (χ3v) is 4.94. The number of carbonyl (C=O) groups is 2. The molecule has 0 saturated heterocycles. The number of carbonyl (C=O) groups excluding carboxylic acids is 2. The Bertz CT molecular complexity index is 908. The lowest BCUT2D eigenvalue weighted by atomic mass is 9.83. The van der Waals surface area contributed by atoms with Gasteiger partial charge in [-0.1, -0.05) is 0 Å². The molecule has 9 heteroatoms. The number of hydroxylamine groups is 1. The highest BCUT2D eigenvalue weighted by Gasteiger charge is 2.37. The van der Waals surface area contributed by atoms with Crippen LogP contribution >= 0.6 is 0 Å². The Morgan fingerprint density at radius 2 is 1.97 bits per heavy atom. The van der Waals surface area contributed by atoms with Crippen molar-refractivity contribution in [2.45, 2.75) is 57.8 Å². The maximum atomic E-state index is 13.2. The van der Waals surface area contributed by atoms with Crippen molar-refractivity contribution < 1.29 is 24.3 Å². The molecular weight excluding hydrogens is 388 g/mol. The zero-order valence-electron chi connectivity index (χ0n) is 17.7. The summed E-state index contributed by atoms with van der Waals surface area (Å²) in [6.45, 7) is 5.32. The van der Waals surface area contributed by atoms with E-state index in [2.05, 4.69) is 15.3 Å². The number of hydrogen-bond acceptors (Lipinski definition) is 7. The summed E-state index contributed by atoms with van der Waals surface area (Å²) < 4.78 is 5.25. The number of rotatable bonds is 4. The summed E-state index contributed by atoms with van der Waals surface area (Å²) >= 11 is 0. The largest absolute Gasteiger partial charge is 0.444 e.